The summed E-state index contributed by atoms with van der Waals surface area (Å²) in [7, 11) is 0. The number of fused-ring (bicyclic) bond motifs is 1. The van der Waals surface area contributed by atoms with E-state index in [9.17, 15) is 0 Å². The molecule has 1 fully saturated rings. The Labute approximate surface area is 181 Å². The van der Waals surface area contributed by atoms with E-state index in [0.29, 0.717) is 24.2 Å². The van der Waals surface area contributed by atoms with Gasteiger partial charge >= 0.3 is 5.82 Å². The quantitative estimate of drug-likeness (QED) is 0.321. The first kappa shape index (κ1) is 21.0. The lowest BCUT2D eigenvalue weighted by Gasteiger charge is -2.30. The van der Waals surface area contributed by atoms with Crippen molar-refractivity contribution in [3.8, 4) is 0 Å². The number of H-pyrrole nitrogens is 1. The highest BCUT2D eigenvalue weighted by Gasteiger charge is 2.19. The summed E-state index contributed by atoms with van der Waals surface area (Å²) in [5.41, 5.74) is 9.86. The van der Waals surface area contributed by atoms with E-state index in [2.05, 4.69) is 22.2 Å². The molecule has 31 heavy (non-hydrogen) atoms. The Morgan fingerprint density at radius 1 is 1.32 bits per heavy atom. The lowest BCUT2D eigenvalue weighted by Crippen LogP contribution is -2.44. The molecule has 10 heteroatoms. The van der Waals surface area contributed by atoms with Crippen molar-refractivity contribution in [1.82, 2.24) is 24.7 Å². The molecule has 0 saturated carbocycles. The van der Waals surface area contributed by atoms with Crippen LogP contribution in [-0.4, -0.2) is 38.5 Å². The fraction of sp³-hybridized carbons (Fsp3) is 0.381. The molecule has 4 heterocycles. The van der Waals surface area contributed by atoms with Gasteiger partial charge in [0.15, 0.2) is 0 Å². The van der Waals surface area contributed by atoms with Gasteiger partial charge in [0.1, 0.15) is 17.5 Å². The maximum atomic E-state index is 6.36. The number of nitrogens with one attached hydrogen (secondary N) is 2. The Kier molecular flexibility index (Phi) is 6.31. The normalized spacial score (nSPS) is 15.4. The van der Waals surface area contributed by atoms with Gasteiger partial charge in [-0.1, -0.05) is 13.0 Å². The number of nitrogen functional groups attached to an aromatic ring is 1. The van der Waals surface area contributed by atoms with Crippen LogP contribution in [0.3, 0.4) is 0 Å². The van der Waals surface area contributed by atoms with Crippen molar-refractivity contribution < 1.29 is 4.98 Å². The molecule has 0 amide bonds. The third-order valence-electron chi connectivity index (χ3n) is 5.65. The average Bonchev–Trinajstić information content (AvgIpc) is 3.26. The first-order valence-corrected chi connectivity index (χ1v) is 10.6. The molecule has 0 aliphatic carbocycles. The molecule has 8 N–H and O–H groups in total. The predicted octanol–water partition coefficient (Wildman–Crippen LogP) is 0.685. The zero-order valence-electron chi connectivity index (χ0n) is 17.8. The zero-order valence-corrected chi connectivity index (χ0v) is 17.8. The van der Waals surface area contributed by atoms with Crippen molar-refractivity contribution in [3.63, 3.8) is 0 Å². The van der Waals surface area contributed by atoms with Crippen LogP contribution in [0.2, 0.25) is 0 Å². The maximum absolute atomic E-state index is 6.36. The highest BCUT2D eigenvalue weighted by atomic mass is 15.4. The molecule has 1 aliphatic rings. The number of hydrogen-bond donors (Lipinski definition) is 4. The van der Waals surface area contributed by atoms with Crippen LogP contribution >= 0.6 is 0 Å². The second-order valence-electron chi connectivity index (χ2n) is 7.82. The number of hydrazine groups is 2. The van der Waals surface area contributed by atoms with Crippen LogP contribution in [0.4, 0.5) is 11.6 Å². The van der Waals surface area contributed by atoms with Gasteiger partial charge in [0.2, 0.25) is 5.82 Å². The first-order valence-electron chi connectivity index (χ1n) is 10.6. The second kappa shape index (κ2) is 9.29. The molecule has 1 aliphatic heterocycles. The van der Waals surface area contributed by atoms with E-state index in [4.69, 9.17) is 22.4 Å². The topological polar surface area (TPSA) is 141 Å². The number of piperidine rings is 1. The Morgan fingerprint density at radius 2 is 2.13 bits per heavy atom. The van der Waals surface area contributed by atoms with Crippen molar-refractivity contribution in [2.45, 2.75) is 38.8 Å². The average molecular weight is 424 g/mol. The standard InChI is InChI=1S/C21H30N10/c1-2-16(14-30(23)17-5-7-25-8-6-17)18-11-27-20(22)21(28-18)31(24)13-15-3-4-19-26-9-10-29(19)12-15/h3-4,9-12,14,17,25H,2,5-8,13,23-24H2,1H3,(H2,22,27)/p+1. The lowest BCUT2D eigenvalue weighted by molar-refractivity contribution is -0.360. The fourth-order valence-corrected chi connectivity index (χ4v) is 3.86. The predicted molar refractivity (Wildman–Crippen MR) is 121 cm³/mol. The van der Waals surface area contributed by atoms with Crippen LogP contribution in [0.5, 0.6) is 0 Å². The minimum absolute atomic E-state index is 0.323. The maximum Gasteiger partial charge on any atom is 0.315 e. The number of nitrogens with two attached hydrogens (primary N) is 3. The number of imidazole rings is 1. The minimum Gasteiger partial charge on any atom is -0.317 e. The van der Waals surface area contributed by atoms with Crippen molar-refractivity contribution in [2.24, 2.45) is 11.7 Å². The van der Waals surface area contributed by atoms with Crippen LogP contribution in [0, 0.1) is 0 Å². The summed E-state index contributed by atoms with van der Waals surface area (Å²) in [4.78, 5) is 12.1. The van der Waals surface area contributed by atoms with Gasteiger partial charge in [-0.25, -0.2) is 26.6 Å². The van der Waals surface area contributed by atoms with Crippen molar-refractivity contribution in [2.75, 3.05) is 23.8 Å². The zero-order chi connectivity index (χ0) is 21.8. The summed E-state index contributed by atoms with van der Waals surface area (Å²) in [5, 5.41) is 6.73. The molecule has 0 aromatic carbocycles. The number of anilines is 2. The van der Waals surface area contributed by atoms with Gasteiger partial charge < -0.3 is 14.7 Å². The molecule has 164 valence electrons. The van der Waals surface area contributed by atoms with Crippen molar-refractivity contribution >= 4 is 22.9 Å². The third-order valence-corrected chi connectivity index (χ3v) is 5.65. The second-order valence-corrected chi connectivity index (χ2v) is 7.82. The van der Waals surface area contributed by atoms with E-state index in [1.54, 1.807) is 17.4 Å². The monoisotopic (exact) mass is 423 g/mol. The lowest BCUT2D eigenvalue weighted by atomic mass is 10.1. The highest BCUT2D eigenvalue weighted by molar-refractivity contribution is 5.64. The third kappa shape index (κ3) is 4.76. The fourth-order valence-electron chi connectivity index (χ4n) is 3.86. The molecule has 1 saturated heterocycles. The van der Waals surface area contributed by atoms with Gasteiger partial charge in [0, 0.05) is 30.8 Å². The number of pyridine rings is 1. The molecule has 0 unspecified atom stereocenters. The number of rotatable bonds is 7. The van der Waals surface area contributed by atoms with Crippen LogP contribution in [-0.2, 0) is 6.54 Å². The molecule has 3 aromatic heterocycles. The number of allylic oxidation sites excluding steroid dienone is 1. The summed E-state index contributed by atoms with van der Waals surface area (Å²) in [6, 6.07) is 4.27. The van der Waals surface area contributed by atoms with E-state index < -0.39 is 0 Å². The molecule has 10 nitrogen and oxygen atoms in total. The van der Waals surface area contributed by atoms with Crippen molar-refractivity contribution in [1.29, 1.82) is 0 Å². The summed E-state index contributed by atoms with van der Waals surface area (Å²) in [6.45, 7) is 4.50. The molecular formula is C21H31N10+. The van der Waals surface area contributed by atoms with Crippen molar-refractivity contribution in [3.05, 3.63) is 54.4 Å². The van der Waals surface area contributed by atoms with E-state index in [0.717, 1.165) is 54.8 Å². The van der Waals surface area contributed by atoms with E-state index >= 15 is 0 Å². The van der Waals surface area contributed by atoms with Crippen LogP contribution in [0.25, 0.3) is 11.2 Å². The van der Waals surface area contributed by atoms with Gasteiger partial charge in [0.25, 0.3) is 0 Å². The number of hydrogen-bond acceptors (Lipinski definition) is 8. The van der Waals surface area contributed by atoms with Gasteiger partial charge in [-0.05, 0) is 49.6 Å². The Hall–Kier alpha value is -3.21. The molecule has 0 atom stereocenters. The largest absolute Gasteiger partial charge is 0.317 e. The van der Waals surface area contributed by atoms with Gasteiger partial charge in [-0.2, -0.15) is 0 Å². The summed E-state index contributed by atoms with van der Waals surface area (Å²) in [6.07, 6.45) is 12.3. The van der Waals surface area contributed by atoms with Crippen LogP contribution in [0.1, 0.15) is 37.4 Å². The Balaban J connectivity index is 1.55. The smallest absolute Gasteiger partial charge is 0.315 e. The van der Waals surface area contributed by atoms with Crippen LogP contribution < -0.4 is 32.7 Å². The number of aromatic nitrogens is 4. The Bertz CT molecular complexity index is 1050. The molecule has 0 spiro atoms. The summed E-state index contributed by atoms with van der Waals surface area (Å²) >= 11 is 0. The van der Waals surface area contributed by atoms with E-state index in [-0.39, 0.29) is 0 Å². The van der Waals surface area contributed by atoms with Gasteiger partial charge in [-0.15, -0.1) is 0 Å². The summed E-state index contributed by atoms with van der Waals surface area (Å²) in [5.74, 6) is 13.6. The molecule has 0 radical (unpaired) electrons. The first-order chi connectivity index (χ1) is 15.0. The molecule has 3 aromatic rings. The SMILES string of the molecule is CCC(=CN(N)C1CCNCC1)c1c[nH+]c(N)c(N(N)Cc2ccc3nccn3c2)n1. The van der Waals surface area contributed by atoms with E-state index in [1.165, 1.54) is 0 Å². The highest BCUT2D eigenvalue weighted by Crippen LogP contribution is 2.22. The number of aromatic amines is 1. The van der Waals surface area contributed by atoms with E-state index in [1.807, 2.05) is 40.1 Å². The van der Waals surface area contributed by atoms with Gasteiger partial charge in [0.05, 0.1) is 6.54 Å². The minimum atomic E-state index is 0.323. The van der Waals surface area contributed by atoms with Gasteiger partial charge in [-0.3, -0.25) is 10.7 Å². The molecule has 0 bridgehead atoms. The molecular weight excluding hydrogens is 392 g/mol. The molecule has 4 rings (SSSR count). The number of nitrogens with zero attached hydrogens (tertiary/aromatic N) is 5. The Morgan fingerprint density at radius 3 is 2.90 bits per heavy atom. The summed E-state index contributed by atoms with van der Waals surface area (Å²) < 4.78 is 1.96. The van der Waals surface area contributed by atoms with Crippen LogP contribution in [0.15, 0.2) is 43.1 Å².